The van der Waals surface area contributed by atoms with Crippen molar-refractivity contribution >= 4 is 27.0 Å². The molecule has 6 N–H and O–H groups in total. The summed E-state index contributed by atoms with van der Waals surface area (Å²) in [5.74, 6) is -0.312. The van der Waals surface area contributed by atoms with Crippen molar-refractivity contribution in [1.82, 2.24) is 40.8 Å². The number of carbonyl (C=O) groups excluding carboxylic acids is 1. The van der Waals surface area contributed by atoms with Crippen LogP contribution in [0, 0.1) is 0 Å². The van der Waals surface area contributed by atoms with Gasteiger partial charge in [0.1, 0.15) is 12.5 Å². The van der Waals surface area contributed by atoms with Gasteiger partial charge in [0, 0.05) is 12.6 Å². The summed E-state index contributed by atoms with van der Waals surface area (Å²) in [6, 6.07) is 4.51. The number of likely N-dealkylation sites (N-methyl/N-ethyl adjacent to an activating group) is 1. The molecule has 3 heterocycles. The maximum absolute atomic E-state index is 13.5. The van der Waals surface area contributed by atoms with Gasteiger partial charge in [-0.25, -0.2) is 28.8 Å². The lowest BCUT2D eigenvalue weighted by Gasteiger charge is -2.14. The Bertz CT molecular complexity index is 1290. The normalized spacial score (nSPS) is 28.4. The molecule has 2 aromatic rings. The molecule has 4 unspecified atom stereocenters. The number of hydroxylamine groups is 1. The number of carbonyl (C=O) groups is 1. The highest BCUT2D eigenvalue weighted by Crippen LogP contribution is 2.36. The van der Waals surface area contributed by atoms with Gasteiger partial charge in [-0.1, -0.05) is 0 Å². The zero-order valence-corrected chi connectivity index (χ0v) is 19.7. The molecule has 15 heteroatoms. The second kappa shape index (κ2) is 8.39. The van der Waals surface area contributed by atoms with Crippen LogP contribution in [0.4, 0.5) is 0 Å². The van der Waals surface area contributed by atoms with E-state index < -0.39 is 40.0 Å². The quantitative estimate of drug-likeness (QED) is 0.254. The topological polar surface area (TPSA) is 169 Å². The largest absolute Gasteiger partial charge is 0.357 e. The number of hydrogen-bond donors (Lipinski definition) is 6. The number of benzene rings is 1. The number of amides is 1. The van der Waals surface area contributed by atoms with Gasteiger partial charge in [0.2, 0.25) is 16.4 Å². The van der Waals surface area contributed by atoms with Crippen LogP contribution in [0.25, 0.3) is 11.0 Å². The monoisotopic (exact) mass is 496 g/mol. The predicted molar refractivity (Wildman–Crippen MR) is 119 cm³/mol. The number of fused-ring (bicyclic) bond motifs is 1. The molecule has 34 heavy (non-hydrogen) atoms. The third-order valence-electron chi connectivity index (χ3n) is 6.14. The van der Waals surface area contributed by atoms with Gasteiger partial charge in [-0.2, -0.15) is 5.48 Å². The number of ether oxygens (including phenoxy) is 1. The lowest BCUT2D eigenvalue weighted by Crippen LogP contribution is -2.47. The number of imidazole rings is 1. The molecule has 1 aromatic heterocycles. The van der Waals surface area contributed by atoms with Crippen LogP contribution in [0.15, 0.2) is 27.9 Å². The van der Waals surface area contributed by atoms with Gasteiger partial charge in [-0.15, -0.1) is 0 Å². The maximum Gasteiger partial charge on any atom is 0.332 e. The van der Waals surface area contributed by atoms with Gasteiger partial charge in [-0.3, -0.25) is 24.1 Å². The summed E-state index contributed by atoms with van der Waals surface area (Å²) in [5.41, 5.74) is 8.36. The minimum atomic E-state index is -3.79. The van der Waals surface area contributed by atoms with E-state index in [1.165, 1.54) is 28.3 Å². The molecule has 0 radical (unpaired) electrons. The van der Waals surface area contributed by atoms with Gasteiger partial charge in [0.15, 0.2) is 6.17 Å². The van der Waals surface area contributed by atoms with E-state index in [1.54, 1.807) is 13.0 Å². The summed E-state index contributed by atoms with van der Waals surface area (Å²) in [6.45, 7) is 3.68. The number of nitrogens with one attached hydrogen (secondary N) is 6. The molecule has 3 fully saturated rings. The second-order valence-corrected chi connectivity index (χ2v) is 10.6. The van der Waals surface area contributed by atoms with Gasteiger partial charge < -0.3 is 10.1 Å². The number of hydrazine groups is 1. The summed E-state index contributed by atoms with van der Waals surface area (Å²) in [5, 5.41) is 5.46. The molecule has 4 atom stereocenters. The van der Waals surface area contributed by atoms with E-state index in [9.17, 15) is 18.0 Å². The van der Waals surface area contributed by atoms with Gasteiger partial charge in [-0.05, 0) is 44.9 Å². The molecule has 186 valence electrons. The lowest BCUT2D eigenvalue weighted by molar-refractivity contribution is -0.124. The van der Waals surface area contributed by atoms with Gasteiger partial charge >= 0.3 is 5.69 Å². The molecule has 1 saturated carbocycles. The summed E-state index contributed by atoms with van der Waals surface area (Å²) in [7, 11) is -2.28. The Morgan fingerprint density at radius 1 is 1.26 bits per heavy atom. The number of nitrogens with zero attached hydrogens (tertiary/aromatic N) is 2. The Balaban J connectivity index is 1.53. The molecule has 2 saturated heterocycles. The SMILES string of the molecule is CNC(=O)C1NOC(Cn2c(=O)n(C3NNC(C)O3)c3cc(S(=O)(=O)NC4(C)CC4)ccc32)N1. The standard InChI is InChI=1S/C19H28N8O6S/c1-10-22-23-17(32-10)27-13-8-11(34(30,31)25-19(2)6-7-19)4-5-12(13)26(18(27)29)9-14-21-15(24-33-14)16(28)20-3/h4-5,8,10,14-15,17,21-25H,6-7,9H2,1-3H3,(H,20,28). The van der Waals surface area contributed by atoms with Crippen LogP contribution in [-0.2, 0) is 30.9 Å². The summed E-state index contributed by atoms with van der Waals surface area (Å²) in [4.78, 5) is 30.8. The number of sulfonamides is 1. The van der Waals surface area contributed by atoms with Crippen molar-refractivity contribution in [2.45, 2.75) is 68.6 Å². The van der Waals surface area contributed by atoms with Crippen molar-refractivity contribution in [2.75, 3.05) is 7.05 Å². The molecule has 14 nitrogen and oxygen atoms in total. The van der Waals surface area contributed by atoms with Crippen LogP contribution in [0.5, 0.6) is 0 Å². The second-order valence-electron chi connectivity index (χ2n) is 8.94. The summed E-state index contributed by atoms with van der Waals surface area (Å²) >= 11 is 0. The molecule has 1 aliphatic carbocycles. The predicted octanol–water partition coefficient (Wildman–Crippen LogP) is -1.92. The molecular formula is C19H28N8O6S. The minimum absolute atomic E-state index is 0.0506. The molecule has 1 aromatic carbocycles. The number of rotatable bonds is 7. The van der Waals surface area contributed by atoms with E-state index in [-0.39, 0.29) is 23.6 Å². The average Bonchev–Trinajstić information content (AvgIpc) is 3.13. The molecule has 3 aliphatic rings. The summed E-state index contributed by atoms with van der Waals surface area (Å²) in [6.07, 6.45) is -1.12. The van der Waals surface area contributed by atoms with E-state index in [4.69, 9.17) is 9.57 Å². The highest BCUT2D eigenvalue weighted by atomic mass is 32.2. The fourth-order valence-electron chi connectivity index (χ4n) is 4.01. The molecular weight excluding hydrogens is 468 g/mol. The number of hydrogen-bond acceptors (Lipinski definition) is 10. The molecule has 0 bridgehead atoms. The number of aromatic nitrogens is 2. The fourth-order valence-corrected chi connectivity index (χ4v) is 5.50. The first-order chi connectivity index (χ1) is 16.1. The maximum atomic E-state index is 13.5. The molecule has 5 rings (SSSR count). The van der Waals surface area contributed by atoms with Crippen molar-refractivity contribution in [3.8, 4) is 0 Å². The molecule has 1 amide bonds. The third kappa shape index (κ3) is 4.25. The van der Waals surface area contributed by atoms with Crippen LogP contribution < -0.4 is 37.4 Å². The van der Waals surface area contributed by atoms with Gasteiger partial charge in [0.05, 0.1) is 22.5 Å². The Hall–Kier alpha value is -2.37. The van der Waals surface area contributed by atoms with Crippen molar-refractivity contribution in [3.05, 3.63) is 28.7 Å². The molecule has 0 spiro atoms. The van der Waals surface area contributed by atoms with Crippen molar-refractivity contribution in [1.29, 1.82) is 0 Å². The highest BCUT2D eigenvalue weighted by Gasteiger charge is 2.41. The first-order valence-electron chi connectivity index (χ1n) is 10.9. The first kappa shape index (κ1) is 23.4. The van der Waals surface area contributed by atoms with E-state index in [2.05, 4.69) is 31.7 Å². The van der Waals surface area contributed by atoms with Crippen LogP contribution in [0.2, 0.25) is 0 Å². The van der Waals surface area contributed by atoms with E-state index >= 15 is 0 Å². The van der Waals surface area contributed by atoms with E-state index in [0.29, 0.717) is 11.0 Å². The highest BCUT2D eigenvalue weighted by molar-refractivity contribution is 7.89. The Kier molecular flexibility index (Phi) is 5.77. The van der Waals surface area contributed by atoms with E-state index in [1.807, 2.05) is 6.92 Å². The van der Waals surface area contributed by atoms with Crippen molar-refractivity contribution in [2.24, 2.45) is 0 Å². The van der Waals surface area contributed by atoms with Crippen LogP contribution in [0.1, 0.15) is 33.0 Å². The zero-order valence-electron chi connectivity index (χ0n) is 18.9. The Morgan fingerprint density at radius 3 is 2.68 bits per heavy atom. The Labute approximate surface area is 195 Å². The Morgan fingerprint density at radius 2 is 2.03 bits per heavy atom. The third-order valence-corrected chi connectivity index (χ3v) is 7.78. The lowest BCUT2D eigenvalue weighted by atomic mass is 10.3. The summed E-state index contributed by atoms with van der Waals surface area (Å²) < 4.78 is 37.2. The average molecular weight is 497 g/mol. The molecule has 2 aliphatic heterocycles. The fraction of sp³-hybridized carbons (Fsp3) is 0.579. The first-order valence-corrected chi connectivity index (χ1v) is 12.4. The van der Waals surface area contributed by atoms with Crippen LogP contribution in [0.3, 0.4) is 0 Å². The van der Waals surface area contributed by atoms with E-state index in [0.717, 1.165) is 12.8 Å². The smallest absolute Gasteiger partial charge is 0.332 e. The van der Waals surface area contributed by atoms with Crippen molar-refractivity contribution < 1.29 is 22.8 Å². The van der Waals surface area contributed by atoms with Crippen LogP contribution >= 0.6 is 0 Å². The van der Waals surface area contributed by atoms with Crippen LogP contribution in [-0.4, -0.2) is 54.7 Å². The minimum Gasteiger partial charge on any atom is -0.357 e. The van der Waals surface area contributed by atoms with Crippen molar-refractivity contribution in [3.63, 3.8) is 0 Å². The van der Waals surface area contributed by atoms with Gasteiger partial charge in [0.25, 0.3) is 5.91 Å². The zero-order chi connectivity index (χ0) is 24.3.